The zero-order chi connectivity index (χ0) is 25.3. The first-order valence-corrected chi connectivity index (χ1v) is 9.58. The zero-order valence-electron chi connectivity index (χ0n) is 17.3. The molecule has 0 fully saturated rings. The molecule has 180 valence electrons. The van der Waals surface area contributed by atoms with Crippen LogP contribution >= 0.6 is 0 Å². The molecule has 34 heavy (non-hydrogen) atoms. The maximum atomic E-state index is 13.4. The summed E-state index contributed by atoms with van der Waals surface area (Å²) in [5.74, 6) is -2.34. The first-order valence-electron chi connectivity index (χ1n) is 9.58. The summed E-state index contributed by atoms with van der Waals surface area (Å²) in [7, 11) is 0. The van der Waals surface area contributed by atoms with Crippen LogP contribution in [0.3, 0.4) is 0 Å². The standard InChI is InChI=1S/C21H16F6N4O3/c1-11(13-4-6-14(7-5-13)19(33)34)28-18(32)16-17(21(25,26)27)29-30-31(16)10-12-2-8-15(9-3-12)20(22,23)24/h2-9,11H,10H2,1H3,(H,28,32)(H,33,34). The molecule has 1 heterocycles. The van der Waals surface area contributed by atoms with Crippen LogP contribution in [0.15, 0.2) is 48.5 Å². The van der Waals surface area contributed by atoms with Gasteiger partial charge in [-0.05, 0) is 42.3 Å². The quantitative estimate of drug-likeness (QED) is 0.499. The summed E-state index contributed by atoms with van der Waals surface area (Å²) < 4.78 is 79.2. The average Bonchev–Trinajstić information content (AvgIpc) is 3.17. The van der Waals surface area contributed by atoms with E-state index in [-0.39, 0.29) is 11.1 Å². The third-order valence-electron chi connectivity index (χ3n) is 4.84. The molecule has 0 bridgehead atoms. The van der Waals surface area contributed by atoms with E-state index in [1.165, 1.54) is 31.2 Å². The van der Waals surface area contributed by atoms with Gasteiger partial charge in [0, 0.05) is 0 Å². The summed E-state index contributed by atoms with van der Waals surface area (Å²) in [6.45, 7) is 1.04. The Bertz CT molecular complexity index is 1190. The molecular formula is C21H16F6N4O3. The number of amides is 1. The molecule has 0 saturated carbocycles. The van der Waals surface area contributed by atoms with E-state index < -0.39 is 53.8 Å². The Hall–Kier alpha value is -3.90. The van der Waals surface area contributed by atoms with Crippen molar-refractivity contribution in [1.29, 1.82) is 0 Å². The molecule has 0 aliphatic rings. The molecule has 2 aromatic carbocycles. The molecule has 1 unspecified atom stereocenters. The number of aromatic nitrogens is 3. The lowest BCUT2D eigenvalue weighted by atomic mass is 10.1. The van der Waals surface area contributed by atoms with E-state index in [1.54, 1.807) is 0 Å². The highest BCUT2D eigenvalue weighted by Crippen LogP contribution is 2.32. The summed E-state index contributed by atoms with van der Waals surface area (Å²) in [6, 6.07) is 8.19. The Morgan fingerprint density at radius 1 is 0.971 bits per heavy atom. The number of alkyl halides is 6. The third kappa shape index (κ3) is 5.53. The number of aromatic carboxylic acids is 1. The Morgan fingerprint density at radius 3 is 2.06 bits per heavy atom. The lowest BCUT2D eigenvalue weighted by molar-refractivity contribution is -0.141. The lowest BCUT2D eigenvalue weighted by Gasteiger charge is -2.16. The molecule has 0 saturated heterocycles. The summed E-state index contributed by atoms with van der Waals surface area (Å²) >= 11 is 0. The van der Waals surface area contributed by atoms with Gasteiger partial charge >= 0.3 is 18.3 Å². The van der Waals surface area contributed by atoms with Gasteiger partial charge in [0.2, 0.25) is 0 Å². The maximum absolute atomic E-state index is 13.4. The van der Waals surface area contributed by atoms with E-state index in [2.05, 4.69) is 15.6 Å². The molecular weight excluding hydrogens is 470 g/mol. The molecule has 1 aromatic heterocycles. The number of halogens is 6. The summed E-state index contributed by atoms with van der Waals surface area (Å²) in [4.78, 5) is 23.7. The van der Waals surface area contributed by atoms with Gasteiger partial charge in [-0.2, -0.15) is 26.3 Å². The molecule has 2 N–H and O–H groups in total. The van der Waals surface area contributed by atoms with Crippen LogP contribution in [0.5, 0.6) is 0 Å². The van der Waals surface area contributed by atoms with Gasteiger partial charge in [0.15, 0.2) is 11.4 Å². The maximum Gasteiger partial charge on any atom is 0.437 e. The van der Waals surface area contributed by atoms with Gasteiger partial charge < -0.3 is 10.4 Å². The number of nitrogens with one attached hydrogen (secondary N) is 1. The molecule has 3 aromatic rings. The van der Waals surface area contributed by atoms with Gasteiger partial charge in [-0.25, -0.2) is 9.48 Å². The lowest BCUT2D eigenvalue weighted by Crippen LogP contribution is -2.31. The van der Waals surface area contributed by atoms with Gasteiger partial charge in [-0.1, -0.05) is 29.5 Å². The smallest absolute Gasteiger partial charge is 0.437 e. The number of carboxylic acid groups (broad SMARTS) is 1. The van der Waals surface area contributed by atoms with Crippen molar-refractivity contribution in [2.24, 2.45) is 0 Å². The Morgan fingerprint density at radius 2 is 1.56 bits per heavy atom. The van der Waals surface area contributed by atoms with Crippen molar-refractivity contribution in [2.75, 3.05) is 0 Å². The van der Waals surface area contributed by atoms with Gasteiger partial charge in [0.25, 0.3) is 5.91 Å². The van der Waals surface area contributed by atoms with E-state index in [9.17, 15) is 35.9 Å². The highest BCUT2D eigenvalue weighted by atomic mass is 19.4. The summed E-state index contributed by atoms with van der Waals surface area (Å²) in [6.07, 6.45) is -9.60. The fourth-order valence-electron chi connectivity index (χ4n) is 3.07. The van der Waals surface area contributed by atoms with E-state index >= 15 is 0 Å². The van der Waals surface area contributed by atoms with Crippen LogP contribution in [0.25, 0.3) is 0 Å². The number of hydrogen-bond acceptors (Lipinski definition) is 4. The number of rotatable bonds is 6. The van der Waals surface area contributed by atoms with Crippen LogP contribution in [0, 0.1) is 0 Å². The number of carbonyl (C=O) groups excluding carboxylic acids is 1. The molecule has 0 radical (unpaired) electrons. The van der Waals surface area contributed by atoms with Gasteiger partial charge in [-0.15, -0.1) is 5.10 Å². The molecule has 0 spiro atoms. The number of benzene rings is 2. The van der Waals surface area contributed by atoms with Crippen molar-refractivity contribution in [3.63, 3.8) is 0 Å². The molecule has 0 aliphatic heterocycles. The number of hydrogen-bond donors (Lipinski definition) is 2. The predicted molar refractivity (Wildman–Crippen MR) is 105 cm³/mol. The molecule has 1 atom stereocenters. The predicted octanol–water partition coefficient (Wildman–Crippen LogP) is 4.55. The minimum absolute atomic E-state index is 0.0135. The molecule has 3 rings (SSSR count). The zero-order valence-corrected chi connectivity index (χ0v) is 17.3. The molecule has 13 heteroatoms. The molecule has 1 amide bonds. The minimum atomic E-state index is -5.02. The van der Waals surface area contributed by atoms with Crippen molar-refractivity contribution < 1.29 is 41.0 Å². The van der Waals surface area contributed by atoms with Gasteiger partial charge in [-0.3, -0.25) is 4.79 Å². The number of nitrogens with zero attached hydrogens (tertiary/aromatic N) is 3. The second-order valence-corrected chi connectivity index (χ2v) is 7.26. The SMILES string of the molecule is CC(NC(=O)c1c(C(F)(F)F)nnn1Cc1ccc(C(F)(F)F)cc1)c1ccc(C(=O)O)cc1. The topological polar surface area (TPSA) is 97.1 Å². The first kappa shape index (κ1) is 24.7. The Labute approximate surface area is 188 Å². The van der Waals surface area contributed by atoms with Gasteiger partial charge in [0.1, 0.15) is 0 Å². The van der Waals surface area contributed by atoms with Crippen LogP contribution < -0.4 is 5.32 Å². The van der Waals surface area contributed by atoms with E-state index in [0.29, 0.717) is 10.2 Å². The van der Waals surface area contributed by atoms with E-state index in [1.807, 2.05) is 0 Å². The molecule has 7 nitrogen and oxygen atoms in total. The van der Waals surface area contributed by atoms with Crippen molar-refractivity contribution in [3.05, 3.63) is 82.2 Å². The number of carbonyl (C=O) groups is 2. The fourth-order valence-corrected chi connectivity index (χ4v) is 3.07. The summed E-state index contributed by atoms with van der Waals surface area (Å²) in [5, 5.41) is 17.8. The second kappa shape index (κ2) is 9.15. The second-order valence-electron chi connectivity index (χ2n) is 7.26. The van der Waals surface area contributed by atoms with Crippen LogP contribution in [-0.2, 0) is 18.9 Å². The largest absolute Gasteiger partial charge is 0.478 e. The van der Waals surface area contributed by atoms with Crippen LogP contribution in [0.2, 0.25) is 0 Å². The van der Waals surface area contributed by atoms with Crippen LogP contribution in [-0.4, -0.2) is 32.0 Å². The average molecular weight is 486 g/mol. The Balaban J connectivity index is 1.87. The van der Waals surface area contributed by atoms with Crippen molar-refractivity contribution in [1.82, 2.24) is 20.3 Å². The highest BCUT2D eigenvalue weighted by molar-refractivity contribution is 5.94. The summed E-state index contributed by atoms with van der Waals surface area (Å²) in [5.41, 5.74) is -2.83. The fraction of sp³-hybridized carbons (Fsp3) is 0.238. The van der Waals surface area contributed by atoms with Crippen molar-refractivity contribution in [2.45, 2.75) is 31.9 Å². The normalized spacial score (nSPS) is 12.9. The van der Waals surface area contributed by atoms with E-state index in [4.69, 9.17) is 5.11 Å². The Kier molecular flexibility index (Phi) is 6.66. The first-order chi connectivity index (χ1) is 15.8. The van der Waals surface area contributed by atoms with Crippen molar-refractivity contribution >= 4 is 11.9 Å². The highest BCUT2D eigenvalue weighted by Gasteiger charge is 2.41. The molecule has 0 aliphatic carbocycles. The third-order valence-corrected chi connectivity index (χ3v) is 4.84. The van der Waals surface area contributed by atoms with Crippen LogP contribution in [0.1, 0.15) is 56.2 Å². The van der Waals surface area contributed by atoms with Crippen molar-refractivity contribution in [3.8, 4) is 0 Å². The number of carboxylic acids is 1. The monoisotopic (exact) mass is 486 g/mol. The minimum Gasteiger partial charge on any atom is -0.478 e. The van der Waals surface area contributed by atoms with Crippen LogP contribution in [0.4, 0.5) is 26.3 Å². The van der Waals surface area contributed by atoms with E-state index in [0.717, 1.165) is 24.3 Å². The van der Waals surface area contributed by atoms with Gasteiger partial charge in [0.05, 0.1) is 23.7 Å².